The van der Waals surface area contributed by atoms with Gasteiger partial charge in [-0.05, 0) is 38.1 Å². The van der Waals surface area contributed by atoms with E-state index in [-0.39, 0.29) is 0 Å². The summed E-state index contributed by atoms with van der Waals surface area (Å²) in [5.41, 5.74) is 16.1. The third-order valence-corrected chi connectivity index (χ3v) is 7.54. The maximum Gasteiger partial charge on any atom is 0.254 e. The van der Waals surface area contributed by atoms with E-state index in [0.717, 1.165) is 46.8 Å². The first-order valence-corrected chi connectivity index (χ1v) is 14.2. The van der Waals surface area contributed by atoms with Crippen molar-refractivity contribution >= 4 is 33.9 Å². The number of ether oxygens (including phenoxy) is 3. The van der Waals surface area contributed by atoms with Crippen molar-refractivity contribution in [2.24, 2.45) is 11.5 Å². The lowest BCUT2D eigenvalue weighted by Crippen LogP contribution is -2.35. The van der Waals surface area contributed by atoms with E-state index in [0.29, 0.717) is 63.9 Å². The van der Waals surface area contributed by atoms with Gasteiger partial charge >= 0.3 is 0 Å². The number of amides is 2. The third kappa shape index (κ3) is 6.58. The number of aromatic nitrogens is 4. The van der Waals surface area contributed by atoms with Gasteiger partial charge in [0.2, 0.25) is 11.8 Å². The Kier molecular flexibility index (Phi) is 10.1. The Morgan fingerprint density at radius 3 is 1.37 bits per heavy atom. The average Bonchev–Trinajstić information content (AvgIpc) is 3.39. The minimum Gasteiger partial charge on any atom is -0.377 e. The van der Waals surface area contributed by atoms with Crippen molar-refractivity contribution in [3.63, 3.8) is 0 Å². The minimum atomic E-state index is -0.436. The number of imidazole rings is 2. The third-order valence-electron chi connectivity index (χ3n) is 7.54. The van der Waals surface area contributed by atoms with Gasteiger partial charge in [-0.15, -0.1) is 0 Å². The van der Waals surface area contributed by atoms with Gasteiger partial charge in [-0.2, -0.15) is 0 Å². The van der Waals surface area contributed by atoms with Crippen LogP contribution in [0, 0.1) is 13.8 Å². The molecule has 4 N–H and O–H groups in total. The molecule has 11 heteroatoms. The molecule has 0 spiro atoms. The monoisotopic (exact) mass is 566 g/mol. The zero-order valence-corrected chi connectivity index (χ0v) is 24.5. The second-order valence-corrected chi connectivity index (χ2v) is 9.86. The highest BCUT2D eigenvalue weighted by Gasteiger charge is 2.23. The lowest BCUT2D eigenvalue weighted by atomic mass is 10.2. The van der Waals surface area contributed by atoms with E-state index in [1.54, 1.807) is 12.1 Å². The Hall–Kier alpha value is -3.80. The van der Waals surface area contributed by atoms with E-state index in [2.05, 4.69) is 46.0 Å². The van der Waals surface area contributed by atoms with Crippen molar-refractivity contribution in [3.05, 3.63) is 59.2 Å². The predicted octanol–water partition coefficient (Wildman–Crippen LogP) is 1.78. The molecular formula is C30H42N6O5+2. The van der Waals surface area contributed by atoms with E-state index in [1.807, 2.05) is 24.3 Å². The normalized spacial score (nSPS) is 11.6. The Morgan fingerprint density at radius 1 is 0.659 bits per heavy atom. The molecule has 0 fully saturated rings. The van der Waals surface area contributed by atoms with Crippen LogP contribution in [-0.4, -0.2) is 60.6 Å². The molecule has 4 aromatic rings. The van der Waals surface area contributed by atoms with Crippen LogP contribution in [0.2, 0.25) is 0 Å². The summed E-state index contributed by atoms with van der Waals surface area (Å²) in [7, 11) is 0. The summed E-state index contributed by atoms with van der Waals surface area (Å²) in [6.45, 7) is 14.3. The summed E-state index contributed by atoms with van der Waals surface area (Å²) in [5.74, 6) is 1.33. The van der Waals surface area contributed by atoms with Crippen molar-refractivity contribution in [1.82, 2.24) is 9.13 Å². The molecule has 0 saturated heterocycles. The molecule has 2 amide bonds. The average molecular weight is 567 g/mol. The van der Waals surface area contributed by atoms with Crippen molar-refractivity contribution in [1.29, 1.82) is 0 Å². The highest BCUT2D eigenvalue weighted by atomic mass is 16.5. The van der Waals surface area contributed by atoms with Gasteiger partial charge in [0.1, 0.15) is 13.1 Å². The number of carbonyl (C=O) groups is 2. The van der Waals surface area contributed by atoms with E-state index in [4.69, 9.17) is 25.7 Å². The van der Waals surface area contributed by atoms with Crippen LogP contribution in [-0.2, 0) is 40.4 Å². The van der Waals surface area contributed by atoms with Gasteiger partial charge < -0.3 is 25.7 Å². The van der Waals surface area contributed by atoms with Gasteiger partial charge in [-0.1, -0.05) is 0 Å². The van der Waals surface area contributed by atoms with Crippen LogP contribution in [0.25, 0.3) is 22.1 Å². The lowest BCUT2D eigenvalue weighted by Gasteiger charge is -2.07. The SMILES string of the molecule is CC[n+]1c(C)n(CCOCCOCCOCCn2c(C)[n+](CC)c3ccc(C(N)=O)cc32)c2cc(C(N)=O)ccc21. The number of hydrogen-bond acceptors (Lipinski definition) is 5. The van der Waals surface area contributed by atoms with Crippen LogP contribution >= 0.6 is 0 Å². The summed E-state index contributed by atoms with van der Waals surface area (Å²) in [5, 5.41) is 0. The first-order chi connectivity index (χ1) is 19.8. The zero-order valence-electron chi connectivity index (χ0n) is 24.5. The fourth-order valence-corrected chi connectivity index (χ4v) is 5.45. The molecule has 0 radical (unpaired) electrons. The van der Waals surface area contributed by atoms with E-state index in [1.165, 1.54) is 0 Å². The summed E-state index contributed by atoms with van der Waals surface area (Å²) < 4.78 is 26.0. The Bertz CT molecular complexity index is 1430. The molecule has 4 rings (SSSR count). The number of primary amides is 2. The fourth-order valence-electron chi connectivity index (χ4n) is 5.45. The number of hydrogen-bond donors (Lipinski definition) is 2. The van der Waals surface area contributed by atoms with E-state index >= 15 is 0 Å². The van der Waals surface area contributed by atoms with Gasteiger partial charge in [-0.25, -0.2) is 18.3 Å². The molecule has 0 aliphatic carbocycles. The maximum atomic E-state index is 11.7. The number of rotatable bonds is 16. The Labute approximate surface area is 240 Å². The summed E-state index contributed by atoms with van der Waals surface area (Å²) in [6, 6.07) is 11.1. The second-order valence-electron chi connectivity index (χ2n) is 9.86. The second kappa shape index (κ2) is 13.7. The molecule has 41 heavy (non-hydrogen) atoms. The van der Waals surface area contributed by atoms with Gasteiger partial charge in [-0.3, -0.25) is 9.59 Å². The van der Waals surface area contributed by atoms with Crippen LogP contribution in [0.4, 0.5) is 0 Å². The van der Waals surface area contributed by atoms with Gasteiger partial charge in [0.05, 0.1) is 52.7 Å². The van der Waals surface area contributed by atoms with Crippen molar-refractivity contribution < 1.29 is 32.9 Å². The number of benzene rings is 2. The first-order valence-electron chi connectivity index (χ1n) is 14.2. The van der Waals surface area contributed by atoms with Crippen molar-refractivity contribution in [2.45, 2.75) is 53.9 Å². The van der Waals surface area contributed by atoms with Crippen LogP contribution in [0.15, 0.2) is 36.4 Å². The first kappa shape index (κ1) is 30.2. The predicted molar refractivity (Wildman–Crippen MR) is 155 cm³/mol. The topological polar surface area (TPSA) is 131 Å². The number of aryl methyl sites for hydroxylation is 2. The number of carbonyl (C=O) groups excluding carboxylic acids is 2. The fraction of sp³-hybridized carbons (Fsp3) is 0.467. The molecule has 0 saturated carbocycles. The summed E-state index contributed by atoms with van der Waals surface area (Å²) in [6.07, 6.45) is 0. The Balaban J connectivity index is 1.18. The van der Waals surface area contributed by atoms with Crippen molar-refractivity contribution in [2.75, 3.05) is 39.6 Å². The summed E-state index contributed by atoms with van der Waals surface area (Å²) in [4.78, 5) is 23.3. The van der Waals surface area contributed by atoms with Gasteiger partial charge in [0, 0.05) is 37.1 Å². The number of nitrogens with zero attached hydrogens (tertiary/aromatic N) is 4. The molecule has 0 aliphatic rings. The van der Waals surface area contributed by atoms with Crippen LogP contribution in [0.5, 0.6) is 0 Å². The van der Waals surface area contributed by atoms with Gasteiger partial charge in [0.15, 0.2) is 22.1 Å². The highest BCUT2D eigenvalue weighted by molar-refractivity contribution is 5.96. The quantitative estimate of drug-likeness (QED) is 0.158. The van der Waals surface area contributed by atoms with Crippen molar-refractivity contribution in [3.8, 4) is 0 Å². The van der Waals surface area contributed by atoms with E-state index < -0.39 is 11.8 Å². The van der Waals surface area contributed by atoms with Crippen LogP contribution in [0.1, 0.15) is 46.2 Å². The maximum absolute atomic E-state index is 11.7. The molecule has 2 aromatic carbocycles. The summed E-state index contributed by atoms with van der Waals surface area (Å²) >= 11 is 0. The molecule has 2 aromatic heterocycles. The lowest BCUT2D eigenvalue weighted by molar-refractivity contribution is -0.675. The number of nitrogens with two attached hydrogens (primary N) is 2. The molecule has 0 bridgehead atoms. The number of fused-ring (bicyclic) bond motifs is 2. The molecule has 0 aliphatic heterocycles. The molecular weight excluding hydrogens is 524 g/mol. The molecule has 2 heterocycles. The van der Waals surface area contributed by atoms with Gasteiger partial charge in [0.25, 0.3) is 11.6 Å². The molecule has 11 nitrogen and oxygen atoms in total. The molecule has 0 unspecified atom stereocenters. The highest BCUT2D eigenvalue weighted by Crippen LogP contribution is 2.18. The molecule has 0 atom stereocenters. The minimum absolute atomic E-state index is 0.436. The molecule has 220 valence electrons. The largest absolute Gasteiger partial charge is 0.377 e. The Morgan fingerprint density at radius 2 is 1.02 bits per heavy atom. The van der Waals surface area contributed by atoms with E-state index in [9.17, 15) is 9.59 Å². The standard InChI is InChI=1S/C30H40N6O5/c1-5-33-21(3)35(27-19-23(29(31)37)7-9-25(27)33)11-13-39-15-17-41-18-16-40-14-12-36-22(4)34(6-2)26-10-8-24(30(32)38)20-28(26)36/h7-10,19-20H,5-6,11-18H2,1-4H3,(H2-2,31,32,37,38)/p+2. The zero-order chi connectivity index (χ0) is 29.5. The smallest absolute Gasteiger partial charge is 0.254 e. The van der Waals surface area contributed by atoms with Crippen LogP contribution in [0.3, 0.4) is 0 Å². The van der Waals surface area contributed by atoms with Crippen LogP contribution < -0.4 is 20.6 Å².